The average Bonchev–Trinajstić information content (AvgIpc) is 2.94. The standard InChI is InChI=1S/C21H24N4O2.HI/c22-21(24-17-7-8-19-20(15-17)27-14-4-13-26-19)23-10-3-11-25-12-9-16-5-1-2-6-18(16)25;/h1-2,5-9,12,15H,3-4,10-11,13-14H2,(H3,22,23,24);1H. The molecule has 28 heavy (non-hydrogen) atoms. The number of nitrogens with zero attached hydrogens (tertiary/aromatic N) is 2. The molecule has 0 fully saturated rings. The fraction of sp³-hybridized carbons (Fsp3) is 0.286. The van der Waals surface area contributed by atoms with E-state index in [1.807, 2.05) is 18.2 Å². The number of fused-ring (bicyclic) bond motifs is 2. The summed E-state index contributed by atoms with van der Waals surface area (Å²) in [6.07, 6.45) is 3.92. The third-order valence-electron chi connectivity index (χ3n) is 4.54. The summed E-state index contributed by atoms with van der Waals surface area (Å²) in [5.41, 5.74) is 8.12. The molecule has 2 aromatic carbocycles. The molecule has 0 saturated carbocycles. The van der Waals surface area contributed by atoms with Gasteiger partial charge in [-0.15, -0.1) is 24.0 Å². The van der Waals surface area contributed by atoms with Crippen LogP contribution in [-0.2, 0) is 6.54 Å². The van der Waals surface area contributed by atoms with E-state index in [0.717, 1.165) is 36.6 Å². The van der Waals surface area contributed by atoms with E-state index in [0.29, 0.717) is 25.7 Å². The summed E-state index contributed by atoms with van der Waals surface area (Å²) in [5, 5.41) is 4.38. The lowest BCUT2D eigenvalue weighted by atomic mass is 10.2. The van der Waals surface area contributed by atoms with Crippen molar-refractivity contribution in [2.75, 3.05) is 25.1 Å². The fourth-order valence-electron chi connectivity index (χ4n) is 3.20. The molecule has 0 unspecified atom stereocenters. The zero-order valence-corrected chi connectivity index (χ0v) is 18.0. The zero-order valence-electron chi connectivity index (χ0n) is 15.6. The molecule has 2 heterocycles. The average molecular weight is 492 g/mol. The van der Waals surface area contributed by atoms with Crippen molar-refractivity contribution in [3.8, 4) is 11.5 Å². The largest absolute Gasteiger partial charge is 0.490 e. The van der Waals surface area contributed by atoms with E-state index < -0.39 is 0 Å². The van der Waals surface area contributed by atoms with E-state index in [1.54, 1.807) is 0 Å². The molecule has 0 bridgehead atoms. The van der Waals surface area contributed by atoms with Gasteiger partial charge in [0.15, 0.2) is 17.5 Å². The molecule has 0 spiro atoms. The number of nitrogens with two attached hydrogens (primary N) is 1. The Hall–Kier alpha value is -2.42. The van der Waals surface area contributed by atoms with Crippen LogP contribution < -0.4 is 20.5 Å². The zero-order chi connectivity index (χ0) is 18.5. The monoisotopic (exact) mass is 492 g/mol. The van der Waals surface area contributed by atoms with Gasteiger partial charge in [0.1, 0.15) is 0 Å². The molecular weight excluding hydrogens is 467 g/mol. The van der Waals surface area contributed by atoms with Crippen molar-refractivity contribution in [2.45, 2.75) is 19.4 Å². The summed E-state index contributed by atoms with van der Waals surface area (Å²) in [5.74, 6) is 1.92. The van der Waals surface area contributed by atoms with Gasteiger partial charge in [0.25, 0.3) is 0 Å². The Morgan fingerprint density at radius 1 is 1.07 bits per heavy atom. The number of ether oxygens (including phenoxy) is 2. The number of nitrogens with one attached hydrogen (secondary N) is 1. The maximum atomic E-state index is 6.02. The first-order valence-corrected chi connectivity index (χ1v) is 9.30. The Bertz CT molecular complexity index is 954. The van der Waals surface area contributed by atoms with Gasteiger partial charge >= 0.3 is 0 Å². The predicted octanol–water partition coefficient (Wildman–Crippen LogP) is 4.24. The Kier molecular flexibility index (Phi) is 7.02. The van der Waals surface area contributed by atoms with Crippen molar-refractivity contribution in [1.29, 1.82) is 0 Å². The number of benzene rings is 2. The van der Waals surface area contributed by atoms with E-state index >= 15 is 0 Å². The van der Waals surface area contributed by atoms with E-state index in [1.165, 1.54) is 10.9 Å². The third kappa shape index (κ3) is 4.89. The van der Waals surface area contributed by atoms with Crippen LogP contribution in [0.25, 0.3) is 10.9 Å². The lowest BCUT2D eigenvalue weighted by Crippen LogP contribution is -2.23. The summed E-state index contributed by atoms with van der Waals surface area (Å²) in [7, 11) is 0. The van der Waals surface area contributed by atoms with Gasteiger partial charge in [0.2, 0.25) is 0 Å². The number of anilines is 1. The maximum absolute atomic E-state index is 6.02. The van der Waals surface area contributed by atoms with Crippen molar-refractivity contribution < 1.29 is 9.47 Å². The molecule has 1 aliphatic rings. The number of aromatic nitrogens is 1. The number of rotatable bonds is 5. The van der Waals surface area contributed by atoms with E-state index in [4.69, 9.17) is 15.2 Å². The predicted molar refractivity (Wildman–Crippen MR) is 124 cm³/mol. The van der Waals surface area contributed by atoms with Crippen molar-refractivity contribution in [1.82, 2.24) is 4.57 Å². The smallest absolute Gasteiger partial charge is 0.193 e. The van der Waals surface area contributed by atoms with Gasteiger partial charge in [0, 0.05) is 43.0 Å². The molecule has 0 amide bonds. The molecule has 3 N–H and O–H groups in total. The molecule has 148 valence electrons. The van der Waals surface area contributed by atoms with Crippen LogP contribution in [0.5, 0.6) is 11.5 Å². The van der Waals surface area contributed by atoms with Crippen LogP contribution in [0.15, 0.2) is 59.7 Å². The second-order valence-corrected chi connectivity index (χ2v) is 6.53. The first-order valence-electron chi connectivity index (χ1n) is 9.30. The highest BCUT2D eigenvalue weighted by Gasteiger charge is 2.10. The Labute approximate surface area is 181 Å². The van der Waals surface area contributed by atoms with Gasteiger partial charge in [-0.25, -0.2) is 0 Å². The fourth-order valence-corrected chi connectivity index (χ4v) is 3.20. The normalized spacial score (nSPS) is 13.6. The van der Waals surface area contributed by atoms with E-state index in [9.17, 15) is 0 Å². The quantitative estimate of drug-likeness (QED) is 0.242. The molecule has 3 aromatic rings. The summed E-state index contributed by atoms with van der Waals surface area (Å²) >= 11 is 0. The summed E-state index contributed by atoms with van der Waals surface area (Å²) in [4.78, 5) is 4.43. The van der Waals surface area contributed by atoms with Crippen molar-refractivity contribution in [3.63, 3.8) is 0 Å². The number of aliphatic imine (C=N–C) groups is 1. The number of hydrogen-bond donors (Lipinski definition) is 2. The van der Waals surface area contributed by atoms with Gasteiger partial charge in [0.05, 0.1) is 13.2 Å². The highest BCUT2D eigenvalue weighted by Crippen LogP contribution is 2.32. The number of aryl methyl sites for hydroxylation is 1. The van der Waals surface area contributed by atoms with Crippen LogP contribution in [0.2, 0.25) is 0 Å². The molecule has 0 atom stereocenters. The SMILES string of the molecule is I.NC(=NCCCn1ccc2ccccc21)Nc1ccc2c(c1)OCCCO2. The van der Waals surface area contributed by atoms with Gasteiger partial charge in [-0.2, -0.15) is 0 Å². The topological polar surface area (TPSA) is 73.8 Å². The highest BCUT2D eigenvalue weighted by atomic mass is 127. The Morgan fingerprint density at radius 3 is 2.79 bits per heavy atom. The Morgan fingerprint density at radius 2 is 1.89 bits per heavy atom. The van der Waals surface area contributed by atoms with Crippen LogP contribution in [0.1, 0.15) is 12.8 Å². The van der Waals surface area contributed by atoms with E-state index in [-0.39, 0.29) is 24.0 Å². The van der Waals surface area contributed by atoms with E-state index in [2.05, 4.69) is 51.4 Å². The molecule has 6 nitrogen and oxygen atoms in total. The van der Waals surface area contributed by atoms with Crippen LogP contribution in [-0.4, -0.2) is 30.3 Å². The highest BCUT2D eigenvalue weighted by molar-refractivity contribution is 14.0. The first-order chi connectivity index (χ1) is 13.3. The van der Waals surface area contributed by atoms with Crippen LogP contribution >= 0.6 is 24.0 Å². The summed E-state index contributed by atoms with van der Waals surface area (Å²) in [6, 6.07) is 16.2. The maximum Gasteiger partial charge on any atom is 0.193 e. The number of hydrogen-bond acceptors (Lipinski definition) is 3. The first kappa shape index (κ1) is 20.3. The molecule has 0 radical (unpaired) electrons. The van der Waals surface area contributed by atoms with Gasteiger partial charge in [-0.3, -0.25) is 4.99 Å². The van der Waals surface area contributed by atoms with Crippen molar-refractivity contribution in [3.05, 3.63) is 54.7 Å². The second kappa shape index (κ2) is 9.68. The molecule has 1 aliphatic heterocycles. The number of halogens is 1. The third-order valence-corrected chi connectivity index (χ3v) is 4.54. The van der Waals surface area contributed by atoms with Crippen molar-refractivity contribution >= 4 is 46.5 Å². The van der Waals surface area contributed by atoms with Crippen molar-refractivity contribution in [2.24, 2.45) is 10.7 Å². The van der Waals surface area contributed by atoms with Gasteiger partial charge in [-0.05, 0) is 36.1 Å². The molecule has 1 aromatic heterocycles. The minimum absolute atomic E-state index is 0. The minimum atomic E-state index is 0. The van der Waals surface area contributed by atoms with Crippen LogP contribution in [0, 0.1) is 0 Å². The van der Waals surface area contributed by atoms with Gasteiger partial charge in [-0.1, -0.05) is 18.2 Å². The Balaban J connectivity index is 0.00000225. The summed E-state index contributed by atoms with van der Waals surface area (Å²) < 4.78 is 13.6. The lowest BCUT2D eigenvalue weighted by Gasteiger charge is -2.11. The van der Waals surface area contributed by atoms with Crippen LogP contribution in [0.3, 0.4) is 0 Å². The number of guanidine groups is 1. The molecular formula is C21H25IN4O2. The molecule has 0 aliphatic carbocycles. The molecule has 0 saturated heterocycles. The molecule has 7 heteroatoms. The second-order valence-electron chi connectivity index (χ2n) is 6.53. The minimum Gasteiger partial charge on any atom is -0.490 e. The molecule has 4 rings (SSSR count). The summed E-state index contributed by atoms with van der Waals surface area (Å²) in [6.45, 7) is 2.92. The number of para-hydroxylation sites is 1. The van der Waals surface area contributed by atoms with Gasteiger partial charge < -0.3 is 25.1 Å². The van der Waals surface area contributed by atoms with Crippen LogP contribution in [0.4, 0.5) is 5.69 Å². The lowest BCUT2D eigenvalue weighted by molar-refractivity contribution is 0.297.